The standard InChI is InChI=1S/C23H37F2NO2/c1-4-6-8-10-11-13-17-26-20(18-23(24,25)22(26)28)15-16-21(27)19(3)14-12-9-7-5-2/h15-16,19-21,27H,4-8,10-11,13-14,17-18H2,1-3H3/b16-15+/t19?,20-,21?/m0/s1. The molecule has 1 aliphatic heterocycles. The maximum absolute atomic E-state index is 13.9. The van der Waals surface area contributed by atoms with Crippen molar-refractivity contribution >= 4 is 5.91 Å². The number of hydrogen-bond acceptors (Lipinski definition) is 2. The van der Waals surface area contributed by atoms with Gasteiger partial charge in [-0.3, -0.25) is 4.79 Å². The van der Waals surface area contributed by atoms with Crippen LogP contribution in [0.4, 0.5) is 8.78 Å². The Morgan fingerprint density at radius 1 is 1.18 bits per heavy atom. The average molecular weight is 398 g/mol. The molecule has 28 heavy (non-hydrogen) atoms. The summed E-state index contributed by atoms with van der Waals surface area (Å²) in [6, 6.07) is -0.647. The number of halogens is 2. The minimum Gasteiger partial charge on any atom is -0.389 e. The second-order valence-corrected chi connectivity index (χ2v) is 7.90. The highest BCUT2D eigenvalue weighted by molar-refractivity contribution is 5.86. The van der Waals surface area contributed by atoms with Gasteiger partial charge in [0.2, 0.25) is 0 Å². The van der Waals surface area contributed by atoms with Gasteiger partial charge in [-0.25, -0.2) is 0 Å². The number of likely N-dealkylation sites (tertiary alicyclic amines) is 1. The van der Waals surface area contributed by atoms with Gasteiger partial charge in [-0.15, -0.1) is 11.8 Å². The van der Waals surface area contributed by atoms with E-state index >= 15 is 0 Å². The van der Waals surface area contributed by atoms with Crippen LogP contribution in [0.15, 0.2) is 12.2 Å². The summed E-state index contributed by atoms with van der Waals surface area (Å²) in [6.45, 7) is 6.45. The van der Waals surface area contributed by atoms with Crippen molar-refractivity contribution in [1.29, 1.82) is 0 Å². The molecule has 0 aliphatic carbocycles. The van der Waals surface area contributed by atoms with Crippen molar-refractivity contribution in [3.8, 4) is 11.8 Å². The number of carbonyl (C=O) groups is 1. The molecule has 1 rings (SSSR count). The second kappa shape index (κ2) is 12.9. The van der Waals surface area contributed by atoms with Crippen LogP contribution >= 0.6 is 0 Å². The van der Waals surface area contributed by atoms with Gasteiger partial charge in [0.1, 0.15) is 0 Å². The Labute approximate surface area is 169 Å². The molecule has 1 fully saturated rings. The Kier molecular flexibility index (Phi) is 11.4. The van der Waals surface area contributed by atoms with Gasteiger partial charge in [0.25, 0.3) is 5.91 Å². The number of alkyl halides is 2. The third kappa shape index (κ3) is 8.31. The maximum Gasteiger partial charge on any atom is 0.327 e. The fraction of sp³-hybridized carbons (Fsp3) is 0.783. The van der Waals surface area contributed by atoms with Crippen LogP contribution in [0.25, 0.3) is 0 Å². The van der Waals surface area contributed by atoms with E-state index < -0.39 is 30.4 Å². The van der Waals surface area contributed by atoms with E-state index in [0.29, 0.717) is 13.0 Å². The molecule has 0 saturated carbocycles. The van der Waals surface area contributed by atoms with Crippen LogP contribution in [0.3, 0.4) is 0 Å². The van der Waals surface area contributed by atoms with Gasteiger partial charge in [-0.1, -0.05) is 65.0 Å². The number of carbonyl (C=O) groups excluding carboxylic acids is 1. The molecule has 0 bridgehead atoms. The van der Waals surface area contributed by atoms with Crippen LogP contribution in [0, 0.1) is 17.8 Å². The van der Waals surface area contributed by atoms with Gasteiger partial charge < -0.3 is 10.0 Å². The summed E-state index contributed by atoms with van der Waals surface area (Å²) in [5.41, 5.74) is 0. The summed E-state index contributed by atoms with van der Waals surface area (Å²) in [7, 11) is 0. The number of rotatable bonds is 12. The molecule has 1 heterocycles. The number of aliphatic hydroxyl groups excluding tert-OH is 1. The summed E-state index contributed by atoms with van der Waals surface area (Å²) in [6.07, 6.45) is 10.5. The zero-order valence-corrected chi connectivity index (χ0v) is 17.7. The zero-order valence-electron chi connectivity index (χ0n) is 17.7. The van der Waals surface area contributed by atoms with E-state index in [1.807, 2.05) is 6.92 Å². The van der Waals surface area contributed by atoms with E-state index in [1.54, 1.807) is 12.2 Å². The first-order valence-corrected chi connectivity index (χ1v) is 10.8. The first kappa shape index (κ1) is 24.6. The SMILES string of the molecule is CCCC#CCC(C)C(O)/C=C/[C@H]1CC(F)(F)C(=O)N1CCCCCCCC. The maximum atomic E-state index is 13.9. The van der Waals surface area contributed by atoms with E-state index in [9.17, 15) is 18.7 Å². The molecule has 0 radical (unpaired) electrons. The highest BCUT2D eigenvalue weighted by Gasteiger charge is 2.52. The third-order valence-electron chi connectivity index (χ3n) is 5.23. The number of amides is 1. The van der Waals surface area contributed by atoms with Gasteiger partial charge in [-0.05, 0) is 18.8 Å². The molecule has 2 unspecified atom stereocenters. The molecular formula is C23H37F2NO2. The largest absolute Gasteiger partial charge is 0.389 e. The molecule has 3 atom stereocenters. The highest BCUT2D eigenvalue weighted by Crippen LogP contribution is 2.34. The molecule has 0 spiro atoms. The smallest absolute Gasteiger partial charge is 0.327 e. The van der Waals surface area contributed by atoms with E-state index in [0.717, 1.165) is 44.9 Å². The fourth-order valence-electron chi connectivity index (χ4n) is 3.32. The molecule has 0 aromatic carbocycles. The van der Waals surface area contributed by atoms with Crippen molar-refractivity contribution in [2.45, 2.75) is 103 Å². The first-order valence-electron chi connectivity index (χ1n) is 10.8. The Morgan fingerprint density at radius 3 is 2.54 bits per heavy atom. The lowest BCUT2D eigenvalue weighted by atomic mass is 9.99. The summed E-state index contributed by atoms with van der Waals surface area (Å²) < 4.78 is 27.9. The molecule has 1 aliphatic rings. The van der Waals surface area contributed by atoms with Crippen LogP contribution in [0.1, 0.15) is 85.0 Å². The fourth-order valence-corrected chi connectivity index (χ4v) is 3.32. The lowest BCUT2D eigenvalue weighted by molar-refractivity contribution is -0.148. The number of unbranched alkanes of at least 4 members (excludes halogenated alkanes) is 6. The second-order valence-electron chi connectivity index (χ2n) is 7.90. The van der Waals surface area contributed by atoms with Crippen molar-refractivity contribution in [3.05, 3.63) is 12.2 Å². The Hall–Kier alpha value is -1.41. The minimum atomic E-state index is -3.31. The van der Waals surface area contributed by atoms with Crippen molar-refractivity contribution in [3.63, 3.8) is 0 Å². The highest BCUT2D eigenvalue weighted by atomic mass is 19.3. The van der Waals surface area contributed by atoms with E-state index in [4.69, 9.17) is 0 Å². The predicted molar refractivity (Wildman–Crippen MR) is 110 cm³/mol. The molecule has 1 amide bonds. The molecule has 160 valence electrons. The van der Waals surface area contributed by atoms with Crippen molar-refractivity contribution in [2.75, 3.05) is 6.54 Å². The summed E-state index contributed by atoms with van der Waals surface area (Å²) in [4.78, 5) is 13.3. The summed E-state index contributed by atoms with van der Waals surface area (Å²) >= 11 is 0. The molecule has 1 N–H and O–H groups in total. The van der Waals surface area contributed by atoms with Crippen LogP contribution in [-0.2, 0) is 4.79 Å². The Bertz CT molecular complexity index is 551. The Balaban J connectivity index is 2.58. The predicted octanol–water partition coefficient (Wildman–Crippen LogP) is 5.33. The van der Waals surface area contributed by atoms with Crippen LogP contribution in [0.2, 0.25) is 0 Å². The number of hydrogen-bond donors (Lipinski definition) is 1. The van der Waals surface area contributed by atoms with Crippen LogP contribution in [0.5, 0.6) is 0 Å². The monoisotopic (exact) mass is 397 g/mol. The number of nitrogens with zero attached hydrogens (tertiary/aromatic N) is 1. The minimum absolute atomic E-state index is 0.0785. The normalized spacial score (nSPS) is 21.0. The van der Waals surface area contributed by atoms with Crippen molar-refractivity contribution in [1.82, 2.24) is 4.90 Å². The Morgan fingerprint density at radius 2 is 1.86 bits per heavy atom. The third-order valence-corrected chi connectivity index (χ3v) is 5.23. The molecule has 3 nitrogen and oxygen atoms in total. The van der Waals surface area contributed by atoms with E-state index in [1.165, 1.54) is 11.3 Å². The van der Waals surface area contributed by atoms with E-state index in [-0.39, 0.29) is 5.92 Å². The molecule has 5 heteroatoms. The molecular weight excluding hydrogens is 360 g/mol. The van der Waals surface area contributed by atoms with Gasteiger partial charge in [-0.2, -0.15) is 8.78 Å². The quantitative estimate of drug-likeness (QED) is 0.275. The zero-order chi connectivity index (χ0) is 21.0. The first-order chi connectivity index (χ1) is 13.3. The molecule has 1 saturated heterocycles. The van der Waals surface area contributed by atoms with Gasteiger partial charge in [0.05, 0.1) is 12.1 Å². The van der Waals surface area contributed by atoms with Gasteiger partial charge >= 0.3 is 5.92 Å². The van der Waals surface area contributed by atoms with Crippen molar-refractivity contribution < 1.29 is 18.7 Å². The lowest BCUT2D eigenvalue weighted by Gasteiger charge is -2.22. The molecule has 0 aromatic heterocycles. The topological polar surface area (TPSA) is 40.5 Å². The number of aliphatic hydroxyl groups is 1. The van der Waals surface area contributed by atoms with Crippen LogP contribution < -0.4 is 0 Å². The van der Waals surface area contributed by atoms with Crippen LogP contribution in [-0.4, -0.2) is 40.5 Å². The lowest BCUT2D eigenvalue weighted by Crippen LogP contribution is -2.36. The summed E-state index contributed by atoms with van der Waals surface area (Å²) in [5, 5.41) is 10.3. The van der Waals surface area contributed by atoms with Gasteiger partial charge in [0.15, 0.2) is 0 Å². The van der Waals surface area contributed by atoms with E-state index in [2.05, 4.69) is 25.7 Å². The molecule has 0 aromatic rings. The summed E-state index contributed by atoms with van der Waals surface area (Å²) in [5.74, 6) is 1.63. The van der Waals surface area contributed by atoms with Crippen molar-refractivity contribution in [2.24, 2.45) is 5.92 Å². The average Bonchev–Trinajstić information content (AvgIpc) is 2.88. The van der Waals surface area contributed by atoms with Gasteiger partial charge in [0, 0.05) is 25.8 Å².